The van der Waals surface area contributed by atoms with Gasteiger partial charge in [0.05, 0.1) is 0 Å². The van der Waals surface area contributed by atoms with Crippen LogP contribution in [0.4, 0.5) is 0 Å². The number of hydrogen-bond acceptors (Lipinski definition) is 6. The van der Waals surface area contributed by atoms with Gasteiger partial charge in [0.15, 0.2) is 0 Å². The average molecular weight is 318 g/mol. The van der Waals surface area contributed by atoms with Crippen LogP contribution in [0.15, 0.2) is 48.5 Å². The summed E-state index contributed by atoms with van der Waals surface area (Å²) in [5.74, 6) is 0. The van der Waals surface area contributed by atoms with Crippen molar-refractivity contribution in [3.63, 3.8) is 0 Å². The Hall–Kier alpha value is -0.940. The first-order valence-corrected chi connectivity index (χ1v) is 9.42. The van der Waals surface area contributed by atoms with Gasteiger partial charge >= 0.3 is 116 Å². The molecule has 0 fully saturated rings. The number of benzene rings is 2. The second kappa shape index (κ2) is 5.45. The van der Waals surface area contributed by atoms with Crippen molar-refractivity contribution in [1.29, 1.82) is 0 Å². The SMILES string of the molecule is O[PH](O)(O)c1ccc(-c2ccc([PH](O)(O)O)cc2)cc1. The third kappa shape index (κ3) is 3.58. The first-order valence-electron chi connectivity index (χ1n) is 5.73. The summed E-state index contributed by atoms with van der Waals surface area (Å²) < 4.78 is 0. The minimum absolute atomic E-state index is 0.0744. The molecule has 0 aliphatic heterocycles. The maximum atomic E-state index is 9.15. The summed E-state index contributed by atoms with van der Waals surface area (Å²) in [6.45, 7) is 0. The molecule has 0 saturated carbocycles. The average Bonchev–Trinajstić information content (AvgIpc) is 2.37. The zero-order valence-corrected chi connectivity index (χ0v) is 12.3. The molecule has 0 aromatic heterocycles. The second-order valence-corrected chi connectivity index (χ2v) is 8.12. The first-order chi connectivity index (χ1) is 9.18. The second-order valence-electron chi connectivity index (χ2n) is 4.43. The van der Waals surface area contributed by atoms with Gasteiger partial charge in [0.25, 0.3) is 0 Å². The third-order valence-electron chi connectivity index (χ3n) is 2.88. The Morgan fingerprint density at radius 1 is 0.450 bits per heavy atom. The van der Waals surface area contributed by atoms with E-state index in [1.807, 2.05) is 0 Å². The topological polar surface area (TPSA) is 121 Å². The van der Waals surface area contributed by atoms with Gasteiger partial charge < -0.3 is 0 Å². The molecule has 0 amide bonds. The molecule has 0 aliphatic carbocycles. The van der Waals surface area contributed by atoms with Crippen molar-refractivity contribution in [2.75, 3.05) is 0 Å². The standard InChI is InChI=1S/C12H16O6P2/c13-19(14,15)11-5-1-9(2-6-11)10-3-7-12(8-4-10)20(16,17)18/h1-8,13-20H. The molecular formula is C12H16O6P2. The van der Waals surface area contributed by atoms with Crippen molar-refractivity contribution in [3.05, 3.63) is 48.5 Å². The molecule has 2 rings (SSSR count). The van der Waals surface area contributed by atoms with Crippen LogP contribution in [0, 0.1) is 0 Å². The van der Waals surface area contributed by atoms with Crippen LogP contribution < -0.4 is 10.6 Å². The Morgan fingerprint density at radius 2 is 0.700 bits per heavy atom. The summed E-state index contributed by atoms with van der Waals surface area (Å²) in [5.41, 5.74) is 1.50. The van der Waals surface area contributed by atoms with Crippen LogP contribution in [-0.4, -0.2) is 29.4 Å². The van der Waals surface area contributed by atoms with Crippen molar-refractivity contribution in [3.8, 4) is 11.1 Å². The molecule has 0 bridgehead atoms. The quantitative estimate of drug-likeness (QED) is 0.426. The Bertz CT molecular complexity index is 528. The van der Waals surface area contributed by atoms with Crippen LogP contribution >= 0.6 is 15.9 Å². The number of rotatable bonds is 3. The minimum atomic E-state index is -4.28. The Morgan fingerprint density at radius 3 is 0.900 bits per heavy atom. The number of hydrogen-bond donors (Lipinski definition) is 6. The van der Waals surface area contributed by atoms with Gasteiger partial charge in [-0.3, -0.25) is 0 Å². The third-order valence-corrected chi connectivity index (χ3v) is 5.09. The van der Waals surface area contributed by atoms with E-state index >= 15 is 0 Å². The van der Waals surface area contributed by atoms with E-state index in [0.29, 0.717) is 0 Å². The molecule has 0 aliphatic rings. The molecule has 0 radical (unpaired) electrons. The van der Waals surface area contributed by atoms with Gasteiger partial charge in [0, 0.05) is 0 Å². The fourth-order valence-electron chi connectivity index (χ4n) is 1.77. The molecular weight excluding hydrogens is 302 g/mol. The van der Waals surface area contributed by atoms with Gasteiger partial charge in [0.1, 0.15) is 0 Å². The van der Waals surface area contributed by atoms with E-state index < -0.39 is 15.9 Å². The zero-order valence-electron chi connectivity index (χ0n) is 10.3. The molecule has 6 N–H and O–H groups in total. The summed E-state index contributed by atoms with van der Waals surface area (Å²) in [5, 5.41) is 0.149. The molecule has 0 spiro atoms. The molecule has 6 nitrogen and oxygen atoms in total. The van der Waals surface area contributed by atoms with E-state index in [9.17, 15) is 0 Å². The fourth-order valence-corrected chi connectivity index (χ4v) is 3.00. The van der Waals surface area contributed by atoms with Crippen molar-refractivity contribution in [1.82, 2.24) is 0 Å². The van der Waals surface area contributed by atoms with Crippen molar-refractivity contribution in [2.24, 2.45) is 0 Å². The normalized spacial score (nSPS) is 14.1. The van der Waals surface area contributed by atoms with E-state index in [0.717, 1.165) is 11.1 Å². The molecule has 2 aromatic carbocycles. The van der Waals surface area contributed by atoms with Crippen LogP contribution in [0.25, 0.3) is 11.1 Å². The molecule has 110 valence electrons. The summed E-state index contributed by atoms with van der Waals surface area (Å²) in [6, 6.07) is 12.1. The van der Waals surface area contributed by atoms with Gasteiger partial charge in [-0.15, -0.1) is 0 Å². The molecule has 20 heavy (non-hydrogen) atoms. The Kier molecular flexibility index (Phi) is 4.21. The molecule has 2 aromatic rings. The first kappa shape index (κ1) is 15.4. The maximum absolute atomic E-state index is 9.15. The Labute approximate surface area is 116 Å². The molecule has 0 saturated heterocycles. The van der Waals surface area contributed by atoms with Crippen molar-refractivity contribution in [2.45, 2.75) is 0 Å². The van der Waals surface area contributed by atoms with Gasteiger partial charge in [-0.2, -0.15) is 0 Å². The molecule has 0 unspecified atom stereocenters. The van der Waals surface area contributed by atoms with Gasteiger partial charge in [-0.1, -0.05) is 0 Å². The van der Waals surface area contributed by atoms with E-state index in [-0.39, 0.29) is 10.6 Å². The predicted molar refractivity (Wildman–Crippen MR) is 81.1 cm³/mol. The van der Waals surface area contributed by atoms with E-state index in [1.54, 1.807) is 24.3 Å². The summed E-state index contributed by atoms with van der Waals surface area (Å²) in [4.78, 5) is 54.9. The van der Waals surface area contributed by atoms with Crippen LogP contribution in [0.1, 0.15) is 0 Å². The van der Waals surface area contributed by atoms with E-state index in [2.05, 4.69) is 0 Å². The molecule has 0 atom stereocenters. The van der Waals surface area contributed by atoms with Gasteiger partial charge in [-0.25, -0.2) is 0 Å². The predicted octanol–water partition coefficient (Wildman–Crippen LogP) is -0.452. The van der Waals surface area contributed by atoms with Crippen LogP contribution in [-0.2, 0) is 0 Å². The monoisotopic (exact) mass is 318 g/mol. The van der Waals surface area contributed by atoms with Crippen LogP contribution in [0.5, 0.6) is 0 Å². The van der Waals surface area contributed by atoms with Crippen molar-refractivity contribution < 1.29 is 29.4 Å². The fraction of sp³-hybridized carbons (Fsp3) is 0. The van der Waals surface area contributed by atoms with Crippen LogP contribution in [0.3, 0.4) is 0 Å². The van der Waals surface area contributed by atoms with Crippen molar-refractivity contribution >= 4 is 26.5 Å². The summed E-state index contributed by atoms with van der Waals surface area (Å²) in [7, 11) is -8.57. The van der Waals surface area contributed by atoms with E-state index in [4.69, 9.17) is 29.4 Å². The van der Waals surface area contributed by atoms with E-state index in [1.165, 1.54) is 24.3 Å². The van der Waals surface area contributed by atoms with Crippen LogP contribution in [0.2, 0.25) is 0 Å². The Balaban J connectivity index is 2.29. The van der Waals surface area contributed by atoms with Gasteiger partial charge in [0.2, 0.25) is 0 Å². The summed E-state index contributed by atoms with van der Waals surface area (Å²) >= 11 is 0. The molecule has 8 heteroatoms. The zero-order chi connectivity index (χ0) is 15.0. The molecule has 0 heterocycles. The van der Waals surface area contributed by atoms with Gasteiger partial charge in [-0.05, 0) is 0 Å². The summed E-state index contributed by atoms with van der Waals surface area (Å²) in [6.07, 6.45) is 0.